The molecule has 4 N–H and O–H groups in total. The molecule has 8 nitrogen and oxygen atoms in total. The number of rotatable bonds is 8. The number of hydrogen-bond acceptors (Lipinski definition) is 4. The lowest BCUT2D eigenvalue weighted by Gasteiger charge is -2.18. The van der Waals surface area contributed by atoms with Crippen molar-refractivity contribution in [1.29, 1.82) is 0 Å². The first-order valence-electron chi connectivity index (χ1n) is 5.01. The number of nitrogens with one attached hydrogen (secondary N) is 1. The third-order valence-electron chi connectivity index (χ3n) is 1.66. The van der Waals surface area contributed by atoms with E-state index in [1.165, 1.54) is 0 Å². The van der Waals surface area contributed by atoms with Gasteiger partial charge in [0, 0.05) is 6.54 Å². The lowest BCUT2D eigenvalue weighted by molar-refractivity contribution is -0.137. The molecule has 0 radical (unpaired) electrons. The van der Waals surface area contributed by atoms with Crippen LogP contribution in [0.25, 0.3) is 0 Å². The molecule has 0 aromatic carbocycles. The molecule has 0 aliphatic rings. The Labute approximate surface area is 104 Å². The number of aliphatic carboxylic acids is 1. The zero-order valence-corrected chi connectivity index (χ0v) is 9.72. The van der Waals surface area contributed by atoms with Gasteiger partial charge in [0.2, 0.25) is 5.91 Å². The number of carbonyl (C=O) groups excluding carboxylic acids is 2. The number of amides is 3. The number of ether oxygens (including phenoxy) is 1. The van der Waals surface area contributed by atoms with Gasteiger partial charge in [-0.25, -0.2) is 4.79 Å². The largest absolute Gasteiger partial charge is 0.480 e. The molecule has 0 spiro atoms. The number of carboxylic acid groups (broad SMARTS) is 1. The van der Waals surface area contributed by atoms with Crippen molar-refractivity contribution < 1.29 is 24.2 Å². The molecule has 0 rings (SSSR count). The van der Waals surface area contributed by atoms with Crippen molar-refractivity contribution in [2.24, 2.45) is 5.73 Å². The van der Waals surface area contributed by atoms with E-state index in [0.29, 0.717) is 0 Å². The fourth-order valence-corrected chi connectivity index (χ4v) is 0.988. The van der Waals surface area contributed by atoms with Crippen molar-refractivity contribution in [3.63, 3.8) is 0 Å². The van der Waals surface area contributed by atoms with Gasteiger partial charge in [-0.3, -0.25) is 9.59 Å². The van der Waals surface area contributed by atoms with Crippen molar-refractivity contribution in [2.75, 3.05) is 32.8 Å². The van der Waals surface area contributed by atoms with Crippen LogP contribution in [0.1, 0.15) is 0 Å². The van der Waals surface area contributed by atoms with Crippen molar-refractivity contribution in [3.05, 3.63) is 0 Å². The summed E-state index contributed by atoms with van der Waals surface area (Å²) in [6.45, 7) is -0.629. The number of nitrogens with two attached hydrogens (primary N) is 1. The van der Waals surface area contributed by atoms with Crippen LogP contribution in [0.4, 0.5) is 4.79 Å². The molecular weight excluding hydrogens is 242 g/mol. The van der Waals surface area contributed by atoms with Crippen LogP contribution < -0.4 is 11.1 Å². The molecule has 100 valence electrons. The first-order valence-corrected chi connectivity index (χ1v) is 5.01. The summed E-state index contributed by atoms with van der Waals surface area (Å²) < 4.78 is 4.80. The highest BCUT2D eigenvalue weighted by Gasteiger charge is 2.14. The Hall–Kier alpha value is -2.27. The highest BCUT2D eigenvalue weighted by Crippen LogP contribution is 1.88. The molecule has 3 amide bonds. The van der Waals surface area contributed by atoms with Crippen molar-refractivity contribution in [3.8, 4) is 12.3 Å². The number of hydrogen-bond donors (Lipinski definition) is 3. The Balaban J connectivity index is 3.92. The molecule has 0 saturated heterocycles. The van der Waals surface area contributed by atoms with E-state index < -0.39 is 24.5 Å². The summed E-state index contributed by atoms with van der Waals surface area (Å²) in [4.78, 5) is 33.2. The number of primary amides is 1. The summed E-state index contributed by atoms with van der Waals surface area (Å²) in [5.74, 6) is 0.408. The van der Waals surface area contributed by atoms with Crippen LogP contribution in [-0.4, -0.2) is 60.8 Å². The van der Waals surface area contributed by atoms with Crippen LogP contribution in [0, 0.1) is 12.3 Å². The monoisotopic (exact) mass is 257 g/mol. The van der Waals surface area contributed by atoms with Crippen molar-refractivity contribution in [2.45, 2.75) is 0 Å². The van der Waals surface area contributed by atoms with Crippen LogP contribution in [0.15, 0.2) is 0 Å². The van der Waals surface area contributed by atoms with E-state index >= 15 is 0 Å². The third kappa shape index (κ3) is 7.95. The maximum absolute atomic E-state index is 11.5. The predicted molar refractivity (Wildman–Crippen MR) is 61.5 cm³/mol. The Bertz CT molecular complexity index is 350. The second-order valence-corrected chi connectivity index (χ2v) is 3.20. The van der Waals surface area contributed by atoms with Gasteiger partial charge < -0.3 is 25.8 Å². The number of carbonyl (C=O) groups is 3. The standard InChI is InChI=1S/C10H15N3O5/c1-2-4-13(6-9(15)16)10(17)12-3-5-18-7-8(11)14/h1H,3-7H2,(H2,11,14)(H,12,17)(H,15,16). The second-order valence-electron chi connectivity index (χ2n) is 3.20. The number of terminal acetylenes is 1. The average molecular weight is 257 g/mol. The van der Waals surface area contributed by atoms with Gasteiger partial charge in [-0.15, -0.1) is 6.42 Å². The van der Waals surface area contributed by atoms with Crippen LogP contribution >= 0.6 is 0 Å². The van der Waals surface area contributed by atoms with E-state index in [4.69, 9.17) is 22.0 Å². The Kier molecular flexibility index (Phi) is 7.72. The van der Waals surface area contributed by atoms with Gasteiger partial charge in [0.25, 0.3) is 0 Å². The van der Waals surface area contributed by atoms with Gasteiger partial charge >= 0.3 is 12.0 Å². The predicted octanol–water partition coefficient (Wildman–Crippen LogP) is -1.78. The molecule has 0 atom stereocenters. The smallest absolute Gasteiger partial charge is 0.323 e. The van der Waals surface area contributed by atoms with E-state index in [0.717, 1.165) is 4.90 Å². The molecule has 18 heavy (non-hydrogen) atoms. The first-order chi connectivity index (χ1) is 8.47. The lowest BCUT2D eigenvalue weighted by Crippen LogP contribution is -2.44. The maximum Gasteiger partial charge on any atom is 0.323 e. The highest BCUT2D eigenvalue weighted by atomic mass is 16.5. The minimum Gasteiger partial charge on any atom is -0.480 e. The van der Waals surface area contributed by atoms with Gasteiger partial charge in [-0.05, 0) is 0 Å². The normalized spacial score (nSPS) is 9.28. The fraction of sp³-hybridized carbons (Fsp3) is 0.500. The second kappa shape index (κ2) is 8.83. The minimum absolute atomic E-state index is 0.0889. The molecular formula is C10H15N3O5. The molecule has 0 bridgehead atoms. The summed E-state index contributed by atoms with van der Waals surface area (Å²) in [7, 11) is 0. The Morgan fingerprint density at radius 1 is 1.44 bits per heavy atom. The highest BCUT2D eigenvalue weighted by molar-refractivity contribution is 5.80. The molecule has 0 aromatic heterocycles. The van der Waals surface area contributed by atoms with Gasteiger partial charge in [0.05, 0.1) is 13.2 Å². The number of urea groups is 1. The fourth-order valence-electron chi connectivity index (χ4n) is 0.988. The summed E-state index contributed by atoms with van der Waals surface area (Å²) in [6.07, 6.45) is 5.01. The molecule has 0 heterocycles. The SMILES string of the molecule is C#CCN(CC(=O)O)C(=O)NCCOCC(N)=O. The molecule has 0 aromatic rings. The van der Waals surface area contributed by atoms with Gasteiger partial charge in [-0.1, -0.05) is 5.92 Å². The zero-order valence-electron chi connectivity index (χ0n) is 9.72. The lowest BCUT2D eigenvalue weighted by atomic mass is 10.5. The zero-order chi connectivity index (χ0) is 14.0. The molecule has 0 aliphatic heterocycles. The first kappa shape index (κ1) is 15.7. The van der Waals surface area contributed by atoms with Crippen molar-refractivity contribution in [1.82, 2.24) is 10.2 Å². The average Bonchev–Trinajstić information content (AvgIpc) is 2.26. The Morgan fingerprint density at radius 3 is 2.61 bits per heavy atom. The third-order valence-corrected chi connectivity index (χ3v) is 1.66. The number of carboxylic acids is 1. The topological polar surface area (TPSA) is 122 Å². The van der Waals surface area contributed by atoms with Crippen LogP contribution in [-0.2, 0) is 14.3 Å². The molecule has 0 aliphatic carbocycles. The van der Waals surface area contributed by atoms with E-state index in [-0.39, 0.29) is 26.3 Å². The van der Waals surface area contributed by atoms with Crippen LogP contribution in [0.2, 0.25) is 0 Å². The van der Waals surface area contributed by atoms with E-state index in [1.54, 1.807) is 0 Å². The number of nitrogens with zero attached hydrogens (tertiary/aromatic N) is 1. The molecule has 0 saturated carbocycles. The Morgan fingerprint density at radius 2 is 2.11 bits per heavy atom. The van der Waals surface area contributed by atoms with E-state index in [1.807, 2.05) is 0 Å². The maximum atomic E-state index is 11.5. The molecule has 0 fully saturated rings. The summed E-state index contributed by atoms with van der Waals surface area (Å²) in [6, 6.07) is -0.613. The summed E-state index contributed by atoms with van der Waals surface area (Å²) >= 11 is 0. The summed E-state index contributed by atoms with van der Waals surface area (Å²) in [5, 5.41) is 11.0. The summed E-state index contributed by atoms with van der Waals surface area (Å²) in [5.41, 5.74) is 4.83. The van der Waals surface area contributed by atoms with Crippen molar-refractivity contribution >= 4 is 17.9 Å². The molecule has 0 unspecified atom stereocenters. The van der Waals surface area contributed by atoms with E-state index in [2.05, 4.69) is 11.2 Å². The van der Waals surface area contributed by atoms with Crippen LogP contribution in [0.3, 0.4) is 0 Å². The van der Waals surface area contributed by atoms with Gasteiger partial charge in [0.1, 0.15) is 13.2 Å². The van der Waals surface area contributed by atoms with Gasteiger partial charge in [0.15, 0.2) is 0 Å². The minimum atomic E-state index is -1.16. The molecule has 8 heteroatoms. The van der Waals surface area contributed by atoms with Crippen LogP contribution in [0.5, 0.6) is 0 Å². The van der Waals surface area contributed by atoms with E-state index in [9.17, 15) is 14.4 Å². The quantitative estimate of drug-likeness (QED) is 0.350. The van der Waals surface area contributed by atoms with Gasteiger partial charge in [-0.2, -0.15) is 0 Å².